The molecule has 0 spiro atoms. The molecule has 0 unspecified atom stereocenters. The SMILES string of the molecule is CN=C(NN)NCCC(=O)NC1CC1. The molecular formula is C8H17N5O. The van der Waals surface area contributed by atoms with Crippen molar-refractivity contribution in [1.82, 2.24) is 16.1 Å². The highest BCUT2D eigenvalue weighted by atomic mass is 16.1. The Hall–Kier alpha value is -1.30. The van der Waals surface area contributed by atoms with Gasteiger partial charge in [0.25, 0.3) is 0 Å². The van der Waals surface area contributed by atoms with Crippen molar-refractivity contribution in [3.8, 4) is 0 Å². The maximum absolute atomic E-state index is 11.2. The van der Waals surface area contributed by atoms with E-state index < -0.39 is 0 Å². The molecule has 14 heavy (non-hydrogen) atoms. The van der Waals surface area contributed by atoms with Crippen LogP contribution in [0.2, 0.25) is 0 Å². The Bertz CT molecular complexity index is 224. The third-order valence-corrected chi connectivity index (χ3v) is 1.95. The van der Waals surface area contributed by atoms with E-state index in [4.69, 9.17) is 5.84 Å². The predicted octanol–water partition coefficient (Wildman–Crippen LogP) is -1.31. The minimum absolute atomic E-state index is 0.0764. The van der Waals surface area contributed by atoms with E-state index >= 15 is 0 Å². The molecule has 1 fully saturated rings. The maximum atomic E-state index is 11.2. The summed E-state index contributed by atoms with van der Waals surface area (Å²) in [5, 5.41) is 5.79. The van der Waals surface area contributed by atoms with Gasteiger partial charge in [0, 0.05) is 26.1 Å². The second-order valence-electron chi connectivity index (χ2n) is 3.24. The number of nitrogens with two attached hydrogens (primary N) is 1. The summed E-state index contributed by atoms with van der Waals surface area (Å²) in [6.45, 7) is 0.537. The number of hydrogen-bond donors (Lipinski definition) is 4. The summed E-state index contributed by atoms with van der Waals surface area (Å²) < 4.78 is 0. The predicted molar refractivity (Wildman–Crippen MR) is 54.5 cm³/mol. The summed E-state index contributed by atoms with van der Waals surface area (Å²) in [5.74, 6) is 5.71. The molecule has 0 heterocycles. The maximum Gasteiger partial charge on any atom is 0.221 e. The molecule has 0 radical (unpaired) electrons. The van der Waals surface area contributed by atoms with E-state index in [0.29, 0.717) is 25.0 Å². The number of guanidine groups is 1. The summed E-state index contributed by atoms with van der Waals surface area (Å²) in [4.78, 5) is 15.0. The number of hydrazine groups is 1. The van der Waals surface area contributed by atoms with Crippen LogP contribution in [0.3, 0.4) is 0 Å². The fraction of sp³-hybridized carbons (Fsp3) is 0.750. The summed E-state index contributed by atoms with van der Waals surface area (Å²) in [7, 11) is 1.62. The molecule has 0 saturated heterocycles. The lowest BCUT2D eigenvalue weighted by Crippen LogP contribution is -2.42. The quantitative estimate of drug-likeness (QED) is 0.196. The Labute approximate surface area is 83.3 Å². The lowest BCUT2D eigenvalue weighted by Gasteiger charge is -2.07. The Kier molecular flexibility index (Phi) is 4.18. The van der Waals surface area contributed by atoms with Crippen LogP contribution in [0.25, 0.3) is 0 Å². The molecule has 0 bridgehead atoms. The highest BCUT2D eigenvalue weighted by Crippen LogP contribution is 2.18. The first-order valence-corrected chi connectivity index (χ1v) is 4.73. The molecule has 0 aromatic heterocycles. The molecule has 1 aliphatic carbocycles. The normalized spacial score (nSPS) is 16.3. The molecule has 0 aliphatic heterocycles. The molecule has 1 aliphatic rings. The van der Waals surface area contributed by atoms with E-state index in [1.165, 1.54) is 0 Å². The van der Waals surface area contributed by atoms with Crippen molar-refractivity contribution in [3.05, 3.63) is 0 Å². The molecule has 1 amide bonds. The van der Waals surface area contributed by atoms with Crippen molar-refractivity contribution in [2.45, 2.75) is 25.3 Å². The molecule has 6 heteroatoms. The van der Waals surface area contributed by atoms with Gasteiger partial charge in [0.15, 0.2) is 0 Å². The van der Waals surface area contributed by atoms with Gasteiger partial charge in [-0.1, -0.05) is 0 Å². The Morgan fingerprint density at radius 2 is 2.29 bits per heavy atom. The average Bonchev–Trinajstić information content (AvgIpc) is 2.96. The van der Waals surface area contributed by atoms with E-state index in [2.05, 4.69) is 21.1 Å². The molecule has 5 N–H and O–H groups in total. The monoisotopic (exact) mass is 199 g/mol. The molecule has 80 valence electrons. The van der Waals surface area contributed by atoms with Gasteiger partial charge in [0.2, 0.25) is 11.9 Å². The summed E-state index contributed by atoms with van der Waals surface area (Å²) in [6, 6.07) is 0.425. The van der Waals surface area contributed by atoms with Crippen LogP contribution in [-0.4, -0.2) is 31.5 Å². The summed E-state index contributed by atoms with van der Waals surface area (Å²) in [5.41, 5.74) is 2.39. The lowest BCUT2D eigenvalue weighted by molar-refractivity contribution is -0.121. The van der Waals surface area contributed by atoms with E-state index in [1.807, 2.05) is 0 Å². The van der Waals surface area contributed by atoms with Gasteiger partial charge in [-0.25, -0.2) is 5.84 Å². The fourth-order valence-corrected chi connectivity index (χ4v) is 1.02. The van der Waals surface area contributed by atoms with E-state index in [-0.39, 0.29) is 5.91 Å². The Morgan fingerprint density at radius 3 is 2.79 bits per heavy atom. The number of rotatable bonds is 4. The van der Waals surface area contributed by atoms with Crippen LogP contribution in [0.1, 0.15) is 19.3 Å². The van der Waals surface area contributed by atoms with Crippen LogP contribution in [0.15, 0.2) is 4.99 Å². The minimum atomic E-state index is 0.0764. The van der Waals surface area contributed by atoms with Gasteiger partial charge >= 0.3 is 0 Å². The van der Waals surface area contributed by atoms with Crippen LogP contribution in [0.4, 0.5) is 0 Å². The topological polar surface area (TPSA) is 91.5 Å². The Morgan fingerprint density at radius 1 is 1.57 bits per heavy atom. The van der Waals surface area contributed by atoms with Crippen molar-refractivity contribution < 1.29 is 4.79 Å². The van der Waals surface area contributed by atoms with Crippen LogP contribution >= 0.6 is 0 Å². The van der Waals surface area contributed by atoms with Gasteiger partial charge in [-0.2, -0.15) is 0 Å². The van der Waals surface area contributed by atoms with Gasteiger partial charge in [0.1, 0.15) is 0 Å². The molecule has 1 saturated carbocycles. The minimum Gasteiger partial charge on any atom is -0.355 e. The zero-order valence-corrected chi connectivity index (χ0v) is 8.34. The highest BCUT2D eigenvalue weighted by Gasteiger charge is 2.22. The zero-order valence-electron chi connectivity index (χ0n) is 8.34. The molecule has 0 atom stereocenters. The van der Waals surface area contributed by atoms with Crippen molar-refractivity contribution in [3.63, 3.8) is 0 Å². The number of nitrogens with one attached hydrogen (secondary N) is 3. The van der Waals surface area contributed by atoms with Gasteiger partial charge in [-0.3, -0.25) is 15.2 Å². The number of hydrogen-bond acceptors (Lipinski definition) is 3. The first-order chi connectivity index (χ1) is 6.76. The first-order valence-electron chi connectivity index (χ1n) is 4.73. The molecule has 0 aromatic rings. The van der Waals surface area contributed by atoms with Crippen LogP contribution < -0.4 is 21.9 Å². The number of amides is 1. The lowest BCUT2D eigenvalue weighted by atomic mass is 10.4. The van der Waals surface area contributed by atoms with Gasteiger partial charge < -0.3 is 10.6 Å². The summed E-state index contributed by atoms with van der Waals surface area (Å²) >= 11 is 0. The Balaban J connectivity index is 2.04. The average molecular weight is 199 g/mol. The number of carbonyl (C=O) groups excluding carboxylic acids is 1. The number of carbonyl (C=O) groups is 1. The van der Waals surface area contributed by atoms with Crippen molar-refractivity contribution in [2.75, 3.05) is 13.6 Å². The number of nitrogens with zero attached hydrogens (tertiary/aromatic N) is 1. The second kappa shape index (κ2) is 5.43. The second-order valence-corrected chi connectivity index (χ2v) is 3.24. The smallest absolute Gasteiger partial charge is 0.221 e. The van der Waals surface area contributed by atoms with Crippen molar-refractivity contribution >= 4 is 11.9 Å². The third kappa shape index (κ3) is 4.08. The third-order valence-electron chi connectivity index (χ3n) is 1.95. The van der Waals surface area contributed by atoms with E-state index in [1.54, 1.807) is 7.05 Å². The van der Waals surface area contributed by atoms with Gasteiger partial charge in [-0.05, 0) is 12.8 Å². The van der Waals surface area contributed by atoms with Gasteiger partial charge in [0.05, 0.1) is 0 Å². The van der Waals surface area contributed by atoms with Crippen molar-refractivity contribution in [1.29, 1.82) is 0 Å². The first kappa shape index (κ1) is 10.8. The molecular weight excluding hydrogens is 182 g/mol. The van der Waals surface area contributed by atoms with E-state index in [9.17, 15) is 4.79 Å². The standard InChI is InChI=1S/C8H17N5O/c1-10-8(13-9)11-5-4-7(14)12-6-2-3-6/h6H,2-5,9H2,1H3,(H,12,14)(H2,10,11,13). The summed E-state index contributed by atoms with van der Waals surface area (Å²) in [6.07, 6.45) is 2.67. The fourth-order valence-electron chi connectivity index (χ4n) is 1.02. The molecule has 1 rings (SSSR count). The zero-order chi connectivity index (χ0) is 10.4. The van der Waals surface area contributed by atoms with Gasteiger partial charge in [-0.15, -0.1) is 0 Å². The molecule has 6 nitrogen and oxygen atoms in total. The van der Waals surface area contributed by atoms with Crippen LogP contribution in [-0.2, 0) is 4.79 Å². The molecule has 0 aromatic carbocycles. The number of aliphatic imine (C=N–C) groups is 1. The van der Waals surface area contributed by atoms with Crippen LogP contribution in [0.5, 0.6) is 0 Å². The van der Waals surface area contributed by atoms with E-state index in [0.717, 1.165) is 12.8 Å². The highest BCUT2D eigenvalue weighted by molar-refractivity contribution is 5.80. The largest absolute Gasteiger partial charge is 0.355 e. The van der Waals surface area contributed by atoms with Crippen LogP contribution in [0, 0.1) is 0 Å². The van der Waals surface area contributed by atoms with Crippen molar-refractivity contribution in [2.24, 2.45) is 10.8 Å².